The number of benzene rings is 2. The number of ether oxygens (including phenoxy) is 1. The lowest BCUT2D eigenvalue weighted by Crippen LogP contribution is -2.41. The van der Waals surface area contributed by atoms with Crippen molar-refractivity contribution in [1.82, 2.24) is 4.72 Å². The fourth-order valence-corrected chi connectivity index (χ4v) is 3.55. The average molecular weight is 397 g/mol. The molecule has 2 rings (SSSR count). The van der Waals surface area contributed by atoms with E-state index in [9.17, 15) is 18.0 Å². The highest BCUT2D eigenvalue weighted by Crippen LogP contribution is 2.16. The molecule has 0 heterocycles. The SMILES string of the molecule is COC(=O)c1ccc(NC(=O)[C@H](C)NS(=O)(=O)c2cccc(Cl)c2)cc1. The maximum atomic E-state index is 12.3. The Hall–Kier alpha value is -2.42. The van der Waals surface area contributed by atoms with Gasteiger partial charge >= 0.3 is 5.97 Å². The van der Waals surface area contributed by atoms with E-state index in [1.807, 2.05) is 0 Å². The van der Waals surface area contributed by atoms with E-state index >= 15 is 0 Å². The van der Waals surface area contributed by atoms with Crippen molar-refractivity contribution in [1.29, 1.82) is 0 Å². The van der Waals surface area contributed by atoms with E-state index in [2.05, 4.69) is 14.8 Å². The molecular formula is C17H17ClN2O5S. The number of hydrogen-bond acceptors (Lipinski definition) is 5. The van der Waals surface area contributed by atoms with Gasteiger partial charge in [0.2, 0.25) is 15.9 Å². The maximum absolute atomic E-state index is 12.3. The number of nitrogens with one attached hydrogen (secondary N) is 2. The van der Waals surface area contributed by atoms with Gasteiger partial charge in [-0.1, -0.05) is 17.7 Å². The van der Waals surface area contributed by atoms with E-state index in [0.29, 0.717) is 11.3 Å². The number of sulfonamides is 1. The number of methoxy groups -OCH3 is 1. The standard InChI is InChI=1S/C17H17ClN2O5S/c1-11(20-26(23,24)15-5-3-4-13(18)10-15)16(21)19-14-8-6-12(7-9-14)17(22)25-2/h3-11,20H,1-2H3,(H,19,21)/t11-/m0/s1. The summed E-state index contributed by atoms with van der Waals surface area (Å²) in [6.07, 6.45) is 0. The monoisotopic (exact) mass is 396 g/mol. The normalized spacial score (nSPS) is 12.3. The van der Waals surface area contributed by atoms with Gasteiger partial charge in [0.1, 0.15) is 0 Å². The van der Waals surface area contributed by atoms with Gasteiger partial charge in [-0.25, -0.2) is 13.2 Å². The summed E-state index contributed by atoms with van der Waals surface area (Å²) < 4.78 is 31.5. The Morgan fingerprint density at radius 3 is 2.35 bits per heavy atom. The first kappa shape index (κ1) is 19.9. The van der Waals surface area contributed by atoms with Crippen molar-refractivity contribution in [2.45, 2.75) is 17.9 Å². The van der Waals surface area contributed by atoms with Crippen molar-refractivity contribution in [3.05, 3.63) is 59.1 Å². The summed E-state index contributed by atoms with van der Waals surface area (Å²) in [5.41, 5.74) is 0.747. The number of carbonyl (C=O) groups is 2. The lowest BCUT2D eigenvalue weighted by atomic mass is 10.2. The third-order valence-corrected chi connectivity index (χ3v) is 5.18. The number of anilines is 1. The molecule has 1 amide bonds. The van der Waals surface area contributed by atoms with E-state index in [4.69, 9.17) is 11.6 Å². The molecule has 7 nitrogen and oxygen atoms in total. The topological polar surface area (TPSA) is 102 Å². The first-order valence-corrected chi connectivity index (χ1v) is 9.36. The molecule has 0 spiro atoms. The van der Waals surface area contributed by atoms with Gasteiger partial charge in [-0.3, -0.25) is 4.79 Å². The molecule has 26 heavy (non-hydrogen) atoms. The van der Waals surface area contributed by atoms with Crippen molar-refractivity contribution in [2.24, 2.45) is 0 Å². The molecule has 0 bridgehead atoms. The van der Waals surface area contributed by atoms with Crippen molar-refractivity contribution < 1.29 is 22.7 Å². The lowest BCUT2D eigenvalue weighted by Gasteiger charge is -2.15. The van der Waals surface area contributed by atoms with Crippen LogP contribution in [0.2, 0.25) is 5.02 Å². The third kappa shape index (κ3) is 5.04. The van der Waals surface area contributed by atoms with Crippen LogP contribution < -0.4 is 10.0 Å². The quantitative estimate of drug-likeness (QED) is 0.730. The summed E-state index contributed by atoms with van der Waals surface area (Å²) in [6.45, 7) is 1.42. The van der Waals surface area contributed by atoms with Crippen LogP contribution in [0.5, 0.6) is 0 Å². The third-order valence-electron chi connectivity index (χ3n) is 3.41. The van der Waals surface area contributed by atoms with Crippen molar-refractivity contribution in [3.8, 4) is 0 Å². The van der Waals surface area contributed by atoms with Crippen molar-refractivity contribution >= 4 is 39.2 Å². The van der Waals surface area contributed by atoms with Gasteiger partial charge < -0.3 is 10.1 Å². The second-order valence-electron chi connectivity index (χ2n) is 5.36. The van der Waals surface area contributed by atoms with Crippen LogP contribution in [0, 0.1) is 0 Å². The molecule has 0 unspecified atom stereocenters. The molecular weight excluding hydrogens is 380 g/mol. The first-order valence-electron chi connectivity index (χ1n) is 7.50. The van der Waals surface area contributed by atoms with Gasteiger partial charge in [0.25, 0.3) is 0 Å². The number of rotatable bonds is 6. The Bertz CT molecular complexity index is 913. The highest BCUT2D eigenvalue weighted by Gasteiger charge is 2.22. The fraction of sp³-hybridized carbons (Fsp3) is 0.176. The van der Waals surface area contributed by atoms with Crippen LogP contribution in [0.15, 0.2) is 53.4 Å². The molecule has 0 aliphatic carbocycles. The smallest absolute Gasteiger partial charge is 0.337 e. The average Bonchev–Trinajstić information content (AvgIpc) is 2.61. The number of carbonyl (C=O) groups excluding carboxylic acids is 2. The molecule has 2 aromatic rings. The minimum Gasteiger partial charge on any atom is -0.465 e. The van der Waals surface area contributed by atoms with Crippen LogP contribution in [0.1, 0.15) is 17.3 Å². The highest BCUT2D eigenvalue weighted by molar-refractivity contribution is 7.89. The van der Waals surface area contributed by atoms with E-state index in [1.54, 1.807) is 6.07 Å². The molecule has 9 heteroatoms. The predicted octanol–water partition coefficient (Wildman–Crippen LogP) is 2.43. The maximum Gasteiger partial charge on any atom is 0.337 e. The summed E-state index contributed by atoms with van der Waals surface area (Å²) in [4.78, 5) is 23.5. The van der Waals surface area contributed by atoms with Gasteiger partial charge in [-0.15, -0.1) is 0 Å². The first-order chi connectivity index (χ1) is 12.2. The molecule has 138 valence electrons. The van der Waals surface area contributed by atoms with Crippen molar-refractivity contribution in [2.75, 3.05) is 12.4 Å². The van der Waals surface area contributed by atoms with Crippen molar-refractivity contribution in [3.63, 3.8) is 0 Å². The van der Waals surface area contributed by atoms with Gasteiger partial charge in [0.05, 0.1) is 23.6 Å². The van der Waals surface area contributed by atoms with Crippen LogP contribution in [0.3, 0.4) is 0 Å². The van der Waals surface area contributed by atoms with Crippen LogP contribution in [0.25, 0.3) is 0 Å². The summed E-state index contributed by atoms with van der Waals surface area (Å²) in [5.74, 6) is -1.05. The molecule has 0 saturated carbocycles. The summed E-state index contributed by atoms with van der Waals surface area (Å²) in [7, 11) is -2.63. The molecule has 0 radical (unpaired) electrons. The number of esters is 1. The summed E-state index contributed by atoms with van der Waals surface area (Å²) >= 11 is 5.80. The fourth-order valence-electron chi connectivity index (χ4n) is 2.05. The zero-order valence-electron chi connectivity index (χ0n) is 14.0. The van der Waals surface area contributed by atoms with E-state index in [1.165, 1.54) is 56.5 Å². The van der Waals surface area contributed by atoms with Gasteiger partial charge in [-0.2, -0.15) is 4.72 Å². The van der Waals surface area contributed by atoms with Crippen LogP contribution in [-0.4, -0.2) is 33.4 Å². The molecule has 0 fully saturated rings. The zero-order chi connectivity index (χ0) is 19.3. The lowest BCUT2D eigenvalue weighted by molar-refractivity contribution is -0.117. The van der Waals surface area contributed by atoms with Crippen LogP contribution >= 0.6 is 11.6 Å². The van der Waals surface area contributed by atoms with E-state index in [-0.39, 0.29) is 9.92 Å². The summed E-state index contributed by atoms with van der Waals surface area (Å²) in [6, 6.07) is 10.7. The number of hydrogen-bond donors (Lipinski definition) is 2. The molecule has 2 N–H and O–H groups in total. The van der Waals surface area contributed by atoms with Gasteiger partial charge in [-0.05, 0) is 49.4 Å². The molecule has 0 saturated heterocycles. The van der Waals surface area contributed by atoms with Crippen LogP contribution in [-0.2, 0) is 19.6 Å². The van der Waals surface area contributed by atoms with E-state index in [0.717, 1.165) is 0 Å². The Morgan fingerprint density at radius 2 is 1.77 bits per heavy atom. The largest absolute Gasteiger partial charge is 0.465 e. The minimum absolute atomic E-state index is 0.0351. The Kier molecular flexibility index (Phi) is 6.36. The molecule has 0 aromatic heterocycles. The second-order valence-corrected chi connectivity index (χ2v) is 7.51. The minimum atomic E-state index is -3.90. The second kappa shape index (κ2) is 8.31. The number of halogens is 1. The predicted molar refractivity (Wildman–Crippen MR) is 97.6 cm³/mol. The Balaban J connectivity index is 2.04. The molecule has 2 aromatic carbocycles. The van der Waals surface area contributed by atoms with E-state index < -0.39 is 27.9 Å². The molecule has 0 aliphatic rings. The Labute approximate surface area is 156 Å². The highest BCUT2D eigenvalue weighted by atomic mass is 35.5. The molecule has 0 aliphatic heterocycles. The molecule has 1 atom stereocenters. The van der Waals surface area contributed by atoms with Crippen LogP contribution in [0.4, 0.5) is 5.69 Å². The zero-order valence-corrected chi connectivity index (χ0v) is 15.6. The van der Waals surface area contributed by atoms with Gasteiger partial charge in [0, 0.05) is 10.7 Å². The van der Waals surface area contributed by atoms with Gasteiger partial charge in [0.15, 0.2) is 0 Å². The summed E-state index contributed by atoms with van der Waals surface area (Å²) in [5, 5.41) is 2.84. The Morgan fingerprint density at radius 1 is 1.12 bits per heavy atom. The number of amides is 1.